The minimum absolute atomic E-state index is 0.0150. The van der Waals surface area contributed by atoms with E-state index in [0.29, 0.717) is 32.7 Å². The Morgan fingerprint density at radius 1 is 1.21 bits per heavy atom. The van der Waals surface area contributed by atoms with Gasteiger partial charge in [-0.1, -0.05) is 25.1 Å². The molecule has 1 fully saturated rings. The number of ether oxygens (including phenoxy) is 1. The van der Waals surface area contributed by atoms with Crippen LogP contribution in [-0.2, 0) is 16.0 Å². The van der Waals surface area contributed by atoms with Gasteiger partial charge in [0.05, 0.1) is 6.42 Å². The summed E-state index contributed by atoms with van der Waals surface area (Å²) < 4.78 is 5.87. The molecule has 2 rings (SSSR count). The van der Waals surface area contributed by atoms with Gasteiger partial charge in [0.15, 0.2) is 6.10 Å². The monoisotopic (exact) mass is 334 g/mol. The number of aryl methyl sites for hydroxylation is 1. The first-order valence-electron chi connectivity index (χ1n) is 8.48. The Labute approximate surface area is 143 Å². The summed E-state index contributed by atoms with van der Waals surface area (Å²) in [7, 11) is 0. The van der Waals surface area contributed by atoms with E-state index in [4.69, 9.17) is 9.84 Å². The normalized spacial score (nSPS) is 16.7. The summed E-state index contributed by atoms with van der Waals surface area (Å²) in [5.41, 5.74) is 1.09. The SMILES string of the molecule is CCc1ccccc1OC(C)C(=O)N1CCN(CCC(=O)O)CC1. The molecule has 0 saturated carbocycles. The van der Waals surface area contributed by atoms with Gasteiger partial charge in [-0.3, -0.25) is 14.5 Å². The molecule has 6 nitrogen and oxygen atoms in total. The van der Waals surface area contributed by atoms with Crippen molar-refractivity contribution in [1.29, 1.82) is 0 Å². The largest absolute Gasteiger partial charge is 0.481 e. The van der Waals surface area contributed by atoms with Crippen LogP contribution >= 0.6 is 0 Å². The number of carbonyl (C=O) groups is 2. The van der Waals surface area contributed by atoms with Crippen molar-refractivity contribution in [2.24, 2.45) is 0 Å². The topological polar surface area (TPSA) is 70.1 Å². The molecule has 1 atom stereocenters. The van der Waals surface area contributed by atoms with Crippen LogP contribution in [0.25, 0.3) is 0 Å². The average molecular weight is 334 g/mol. The van der Waals surface area contributed by atoms with Crippen molar-refractivity contribution in [2.75, 3.05) is 32.7 Å². The molecule has 1 unspecified atom stereocenters. The molecule has 6 heteroatoms. The zero-order chi connectivity index (χ0) is 17.5. The highest BCUT2D eigenvalue weighted by molar-refractivity contribution is 5.81. The number of aliphatic carboxylic acids is 1. The van der Waals surface area contributed by atoms with Crippen LogP contribution in [0.2, 0.25) is 0 Å². The number of rotatable bonds is 7. The van der Waals surface area contributed by atoms with E-state index in [2.05, 4.69) is 11.8 Å². The van der Waals surface area contributed by atoms with E-state index < -0.39 is 12.1 Å². The summed E-state index contributed by atoms with van der Waals surface area (Å²) >= 11 is 0. The van der Waals surface area contributed by atoms with Crippen LogP contribution in [-0.4, -0.2) is 65.6 Å². The maximum absolute atomic E-state index is 12.6. The van der Waals surface area contributed by atoms with Gasteiger partial charge in [0, 0.05) is 32.7 Å². The van der Waals surface area contributed by atoms with E-state index in [1.807, 2.05) is 24.3 Å². The molecule has 0 aliphatic carbocycles. The Kier molecular flexibility index (Phi) is 6.61. The van der Waals surface area contributed by atoms with Gasteiger partial charge in [-0.2, -0.15) is 0 Å². The van der Waals surface area contributed by atoms with Crippen molar-refractivity contribution in [3.8, 4) is 5.75 Å². The molecule has 1 aliphatic rings. The van der Waals surface area contributed by atoms with Crippen molar-refractivity contribution in [2.45, 2.75) is 32.8 Å². The third kappa shape index (κ3) is 4.96. The van der Waals surface area contributed by atoms with Gasteiger partial charge in [0.2, 0.25) is 0 Å². The highest BCUT2D eigenvalue weighted by Gasteiger charge is 2.26. The number of nitrogens with zero attached hydrogens (tertiary/aromatic N) is 2. The van der Waals surface area contributed by atoms with Gasteiger partial charge >= 0.3 is 5.97 Å². The number of hydrogen-bond acceptors (Lipinski definition) is 4. The Bertz CT molecular complexity index is 568. The number of amides is 1. The Morgan fingerprint density at radius 3 is 2.50 bits per heavy atom. The Balaban J connectivity index is 1.85. The van der Waals surface area contributed by atoms with E-state index in [1.165, 1.54) is 0 Å². The summed E-state index contributed by atoms with van der Waals surface area (Å²) in [5, 5.41) is 8.73. The molecule has 0 aromatic heterocycles. The lowest BCUT2D eigenvalue weighted by Crippen LogP contribution is -2.52. The van der Waals surface area contributed by atoms with Crippen molar-refractivity contribution < 1.29 is 19.4 Å². The second-order valence-corrected chi connectivity index (χ2v) is 6.03. The number of para-hydroxylation sites is 1. The summed E-state index contributed by atoms with van der Waals surface area (Å²) in [6.07, 6.45) is 0.476. The third-order valence-corrected chi connectivity index (χ3v) is 4.33. The van der Waals surface area contributed by atoms with Crippen molar-refractivity contribution in [3.63, 3.8) is 0 Å². The Morgan fingerprint density at radius 2 is 1.88 bits per heavy atom. The molecule has 132 valence electrons. The lowest BCUT2D eigenvalue weighted by atomic mass is 10.1. The van der Waals surface area contributed by atoms with Crippen LogP contribution in [0.3, 0.4) is 0 Å². The molecular formula is C18H26N2O4. The predicted octanol–water partition coefficient (Wildman–Crippen LogP) is 1.64. The highest BCUT2D eigenvalue weighted by atomic mass is 16.5. The molecule has 1 aliphatic heterocycles. The number of benzene rings is 1. The highest BCUT2D eigenvalue weighted by Crippen LogP contribution is 2.20. The summed E-state index contributed by atoms with van der Waals surface area (Å²) in [4.78, 5) is 27.1. The minimum Gasteiger partial charge on any atom is -0.481 e. The summed E-state index contributed by atoms with van der Waals surface area (Å²) in [6, 6.07) is 7.78. The maximum atomic E-state index is 12.6. The molecule has 1 aromatic rings. The van der Waals surface area contributed by atoms with E-state index in [9.17, 15) is 9.59 Å². The molecular weight excluding hydrogens is 308 g/mol. The first-order chi connectivity index (χ1) is 11.5. The predicted molar refractivity (Wildman–Crippen MR) is 91.2 cm³/mol. The van der Waals surface area contributed by atoms with E-state index >= 15 is 0 Å². The smallest absolute Gasteiger partial charge is 0.304 e. The zero-order valence-electron chi connectivity index (χ0n) is 14.4. The van der Waals surface area contributed by atoms with Gasteiger partial charge in [0.25, 0.3) is 5.91 Å². The maximum Gasteiger partial charge on any atom is 0.304 e. The van der Waals surface area contributed by atoms with Gasteiger partial charge in [-0.25, -0.2) is 0 Å². The van der Waals surface area contributed by atoms with Crippen LogP contribution in [0.4, 0.5) is 0 Å². The molecule has 0 bridgehead atoms. The molecule has 1 saturated heterocycles. The van der Waals surface area contributed by atoms with Gasteiger partial charge in [-0.15, -0.1) is 0 Å². The molecule has 1 N–H and O–H groups in total. The average Bonchev–Trinajstić information content (AvgIpc) is 2.60. The summed E-state index contributed by atoms with van der Waals surface area (Å²) in [6.45, 7) is 7.02. The summed E-state index contributed by atoms with van der Waals surface area (Å²) in [5.74, 6) is -0.0372. The fourth-order valence-corrected chi connectivity index (χ4v) is 2.85. The number of carboxylic acids is 1. The van der Waals surface area contributed by atoms with Gasteiger partial charge < -0.3 is 14.7 Å². The van der Waals surface area contributed by atoms with Crippen molar-refractivity contribution in [3.05, 3.63) is 29.8 Å². The van der Waals surface area contributed by atoms with Crippen LogP contribution in [0.15, 0.2) is 24.3 Å². The molecule has 1 heterocycles. The number of piperazine rings is 1. The van der Waals surface area contributed by atoms with Crippen LogP contribution in [0.1, 0.15) is 25.8 Å². The standard InChI is InChI=1S/C18H26N2O4/c1-3-15-6-4-5-7-16(15)24-14(2)18(23)20-12-10-19(11-13-20)9-8-17(21)22/h4-7,14H,3,8-13H2,1-2H3,(H,21,22). The van der Waals surface area contributed by atoms with E-state index in [0.717, 1.165) is 17.7 Å². The van der Waals surface area contributed by atoms with Crippen molar-refractivity contribution in [1.82, 2.24) is 9.80 Å². The second kappa shape index (κ2) is 8.68. The Hall–Kier alpha value is -2.08. The van der Waals surface area contributed by atoms with Gasteiger partial charge in [-0.05, 0) is 25.0 Å². The molecule has 24 heavy (non-hydrogen) atoms. The first kappa shape index (κ1) is 18.3. The number of carboxylic acid groups (broad SMARTS) is 1. The molecule has 1 amide bonds. The second-order valence-electron chi connectivity index (χ2n) is 6.03. The quantitative estimate of drug-likeness (QED) is 0.821. The molecule has 0 spiro atoms. The fourth-order valence-electron chi connectivity index (χ4n) is 2.85. The molecule has 1 aromatic carbocycles. The zero-order valence-corrected chi connectivity index (χ0v) is 14.4. The first-order valence-corrected chi connectivity index (χ1v) is 8.48. The minimum atomic E-state index is -0.787. The van der Waals surface area contributed by atoms with Crippen LogP contribution in [0.5, 0.6) is 5.75 Å². The van der Waals surface area contributed by atoms with E-state index in [-0.39, 0.29) is 12.3 Å². The van der Waals surface area contributed by atoms with Gasteiger partial charge in [0.1, 0.15) is 5.75 Å². The lowest BCUT2D eigenvalue weighted by molar-refractivity contribution is -0.141. The lowest BCUT2D eigenvalue weighted by Gasteiger charge is -2.35. The number of hydrogen-bond donors (Lipinski definition) is 1. The fraction of sp³-hybridized carbons (Fsp3) is 0.556. The van der Waals surface area contributed by atoms with Crippen LogP contribution in [0, 0.1) is 0 Å². The number of carbonyl (C=O) groups excluding carboxylic acids is 1. The van der Waals surface area contributed by atoms with E-state index in [1.54, 1.807) is 11.8 Å². The third-order valence-electron chi connectivity index (χ3n) is 4.33. The molecule has 0 radical (unpaired) electrons. The van der Waals surface area contributed by atoms with Crippen molar-refractivity contribution >= 4 is 11.9 Å². The van der Waals surface area contributed by atoms with Crippen LogP contribution < -0.4 is 4.74 Å².